The summed E-state index contributed by atoms with van der Waals surface area (Å²) < 4.78 is 5.85. The Labute approximate surface area is 128 Å². The van der Waals surface area contributed by atoms with E-state index in [0.717, 1.165) is 42.8 Å². The maximum Gasteiger partial charge on any atom is 0.140 e. The Bertz CT molecular complexity index is 491. The summed E-state index contributed by atoms with van der Waals surface area (Å²) in [5.41, 5.74) is 7.65. The molecule has 1 aromatic rings. The molecular weight excluding hydrogens is 262 g/mol. The minimum atomic E-state index is -0.289. The zero-order chi connectivity index (χ0) is 15.9. The number of pyridine rings is 1. The first-order chi connectivity index (χ1) is 9.88. The maximum atomic E-state index is 9.00. The van der Waals surface area contributed by atoms with E-state index in [1.165, 1.54) is 0 Å². The second-order valence-electron chi connectivity index (χ2n) is 6.22. The molecule has 1 rings (SSSR count). The Hall–Kier alpha value is -1.60. The highest BCUT2D eigenvalue weighted by Gasteiger charge is 2.16. The zero-order valence-corrected chi connectivity index (χ0v) is 13.6. The first kappa shape index (κ1) is 17.5. The van der Waals surface area contributed by atoms with Gasteiger partial charge in [-0.1, -0.05) is 6.92 Å². The lowest BCUT2D eigenvalue weighted by Gasteiger charge is -2.17. The van der Waals surface area contributed by atoms with Crippen molar-refractivity contribution in [1.82, 2.24) is 4.98 Å². The average molecular weight is 289 g/mol. The fourth-order valence-corrected chi connectivity index (χ4v) is 2.02. The van der Waals surface area contributed by atoms with Crippen molar-refractivity contribution < 1.29 is 4.74 Å². The van der Waals surface area contributed by atoms with E-state index in [1.807, 2.05) is 32.9 Å². The van der Waals surface area contributed by atoms with Gasteiger partial charge < -0.3 is 10.5 Å². The first-order valence-corrected chi connectivity index (χ1v) is 7.64. The number of ether oxygens (including phenoxy) is 1. The minimum Gasteiger partial charge on any atom is -0.492 e. The van der Waals surface area contributed by atoms with Crippen molar-refractivity contribution in [1.29, 1.82) is 5.26 Å². The normalized spacial score (nSPS) is 12.8. The van der Waals surface area contributed by atoms with Gasteiger partial charge in [0.05, 0.1) is 23.8 Å². The maximum absolute atomic E-state index is 9.00. The Balaban J connectivity index is 2.60. The number of aryl methyl sites for hydroxylation is 1. The van der Waals surface area contributed by atoms with Gasteiger partial charge >= 0.3 is 0 Å². The summed E-state index contributed by atoms with van der Waals surface area (Å²) in [7, 11) is 0. The van der Waals surface area contributed by atoms with Crippen molar-refractivity contribution in [2.75, 3.05) is 6.61 Å². The molecule has 0 aromatic carbocycles. The molecule has 0 aliphatic rings. The molecule has 4 nitrogen and oxygen atoms in total. The number of nitrogens with two attached hydrogens (primary N) is 1. The van der Waals surface area contributed by atoms with Crippen LogP contribution in [0.3, 0.4) is 0 Å². The van der Waals surface area contributed by atoms with Crippen LogP contribution in [0, 0.1) is 23.7 Å². The zero-order valence-electron chi connectivity index (χ0n) is 13.6. The molecule has 2 N–H and O–H groups in total. The number of rotatable bonds is 8. The van der Waals surface area contributed by atoms with E-state index < -0.39 is 0 Å². The number of hydrogen-bond donors (Lipinski definition) is 1. The summed E-state index contributed by atoms with van der Waals surface area (Å²) in [4.78, 5) is 4.55. The molecule has 0 aliphatic heterocycles. The largest absolute Gasteiger partial charge is 0.492 e. The average Bonchev–Trinajstić information content (AvgIpc) is 2.45. The van der Waals surface area contributed by atoms with Crippen molar-refractivity contribution in [3.05, 3.63) is 23.5 Å². The first-order valence-electron chi connectivity index (χ1n) is 7.64. The van der Waals surface area contributed by atoms with E-state index in [9.17, 15) is 0 Å². The lowest BCUT2D eigenvalue weighted by atomic mass is 9.90. The number of nitrogens with zero attached hydrogens (tertiary/aromatic N) is 2. The van der Waals surface area contributed by atoms with Gasteiger partial charge in [0, 0.05) is 18.2 Å². The molecule has 1 unspecified atom stereocenters. The van der Waals surface area contributed by atoms with E-state index >= 15 is 0 Å². The topological polar surface area (TPSA) is 71.9 Å². The molecule has 0 saturated heterocycles. The number of nitriles is 1. The van der Waals surface area contributed by atoms with E-state index in [4.69, 9.17) is 15.7 Å². The quantitative estimate of drug-likeness (QED) is 0.745. The van der Waals surface area contributed by atoms with Crippen LogP contribution in [0.4, 0.5) is 0 Å². The molecule has 0 radical (unpaired) electrons. The van der Waals surface area contributed by atoms with Gasteiger partial charge in [-0.2, -0.15) is 5.26 Å². The van der Waals surface area contributed by atoms with Gasteiger partial charge in [-0.05, 0) is 52.2 Å². The molecule has 0 bridgehead atoms. The van der Waals surface area contributed by atoms with Crippen LogP contribution in [0.25, 0.3) is 0 Å². The highest BCUT2D eigenvalue weighted by atomic mass is 16.5. The van der Waals surface area contributed by atoms with Gasteiger partial charge in [0.25, 0.3) is 0 Å². The summed E-state index contributed by atoms with van der Waals surface area (Å²) >= 11 is 0. The van der Waals surface area contributed by atoms with Gasteiger partial charge in [-0.3, -0.25) is 4.98 Å². The summed E-state index contributed by atoms with van der Waals surface area (Å²) in [6, 6.07) is 6.34. The Morgan fingerprint density at radius 2 is 2.14 bits per heavy atom. The van der Waals surface area contributed by atoms with Crippen LogP contribution in [0.5, 0.6) is 5.75 Å². The third kappa shape index (κ3) is 6.14. The van der Waals surface area contributed by atoms with Gasteiger partial charge in [0.15, 0.2) is 0 Å². The Kier molecular flexibility index (Phi) is 6.64. The SMILES string of the molecule is CCC(N)Cc1nc(C)ccc1OCCCC(C)(C)C#N. The molecule has 1 aromatic heterocycles. The van der Waals surface area contributed by atoms with Crippen molar-refractivity contribution >= 4 is 0 Å². The van der Waals surface area contributed by atoms with Gasteiger partial charge in [-0.25, -0.2) is 0 Å². The van der Waals surface area contributed by atoms with Crippen molar-refractivity contribution in [2.45, 2.75) is 59.4 Å². The molecule has 4 heteroatoms. The molecule has 21 heavy (non-hydrogen) atoms. The lowest BCUT2D eigenvalue weighted by molar-refractivity contribution is 0.280. The second kappa shape index (κ2) is 7.99. The highest BCUT2D eigenvalue weighted by molar-refractivity contribution is 5.30. The minimum absolute atomic E-state index is 0.110. The second-order valence-corrected chi connectivity index (χ2v) is 6.22. The molecule has 0 saturated carbocycles. The Morgan fingerprint density at radius 3 is 2.76 bits per heavy atom. The predicted molar refractivity (Wildman–Crippen MR) is 85.1 cm³/mol. The molecule has 0 aliphatic carbocycles. The van der Waals surface area contributed by atoms with Crippen molar-refractivity contribution in [3.8, 4) is 11.8 Å². The molecule has 1 atom stereocenters. The van der Waals surface area contributed by atoms with E-state index in [-0.39, 0.29) is 11.5 Å². The summed E-state index contributed by atoms with van der Waals surface area (Å²) in [6.07, 6.45) is 3.34. The van der Waals surface area contributed by atoms with Crippen LogP contribution in [0.2, 0.25) is 0 Å². The van der Waals surface area contributed by atoms with Gasteiger partial charge in [-0.15, -0.1) is 0 Å². The third-order valence-corrected chi connectivity index (χ3v) is 3.56. The lowest BCUT2D eigenvalue weighted by Crippen LogP contribution is -2.22. The van der Waals surface area contributed by atoms with E-state index in [0.29, 0.717) is 6.61 Å². The van der Waals surface area contributed by atoms with Crippen LogP contribution in [-0.2, 0) is 6.42 Å². The van der Waals surface area contributed by atoms with Gasteiger partial charge in [0.1, 0.15) is 5.75 Å². The molecule has 116 valence electrons. The fraction of sp³-hybridized carbons (Fsp3) is 0.647. The molecule has 0 fully saturated rings. The summed E-state index contributed by atoms with van der Waals surface area (Å²) in [5, 5.41) is 9.00. The van der Waals surface area contributed by atoms with Crippen LogP contribution in [0.1, 0.15) is 51.4 Å². The van der Waals surface area contributed by atoms with Crippen LogP contribution < -0.4 is 10.5 Å². The molecule has 0 spiro atoms. The van der Waals surface area contributed by atoms with Crippen molar-refractivity contribution in [2.24, 2.45) is 11.1 Å². The van der Waals surface area contributed by atoms with E-state index in [1.54, 1.807) is 0 Å². The molecule has 0 amide bonds. The van der Waals surface area contributed by atoms with Crippen LogP contribution >= 0.6 is 0 Å². The number of aromatic nitrogens is 1. The van der Waals surface area contributed by atoms with Gasteiger partial charge in [0.2, 0.25) is 0 Å². The van der Waals surface area contributed by atoms with E-state index in [2.05, 4.69) is 18.0 Å². The van der Waals surface area contributed by atoms with Crippen LogP contribution in [0.15, 0.2) is 12.1 Å². The predicted octanol–water partition coefficient (Wildman–Crippen LogP) is 3.38. The monoisotopic (exact) mass is 289 g/mol. The Morgan fingerprint density at radius 1 is 1.43 bits per heavy atom. The third-order valence-electron chi connectivity index (χ3n) is 3.56. The highest BCUT2D eigenvalue weighted by Crippen LogP contribution is 2.22. The summed E-state index contributed by atoms with van der Waals surface area (Å²) in [5.74, 6) is 0.819. The molecular formula is C17H27N3O. The standard InChI is InChI=1S/C17H27N3O/c1-5-14(19)11-15-16(8-7-13(2)20-15)21-10-6-9-17(3,4)12-18/h7-8,14H,5-6,9-11,19H2,1-4H3. The molecule has 1 heterocycles. The smallest absolute Gasteiger partial charge is 0.140 e. The fourth-order valence-electron chi connectivity index (χ4n) is 2.02. The van der Waals surface area contributed by atoms with Crippen LogP contribution in [-0.4, -0.2) is 17.6 Å². The number of hydrogen-bond acceptors (Lipinski definition) is 4. The summed E-state index contributed by atoms with van der Waals surface area (Å²) in [6.45, 7) is 8.55. The van der Waals surface area contributed by atoms with Crippen molar-refractivity contribution in [3.63, 3.8) is 0 Å².